The van der Waals surface area contributed by atoms with Crippen LogP contribution in [-0.4, -0.2) is 23.5 Å². The lowest BCUT2D eigenvalue weighted by atomic mass is 10.1. The van der Waals surface area contributed by atoms with Gasteiger partial charge in [0.2, 0.25) is 5.91 Å². The van der Waals surface area contributed by atoms with Gasteiger partial charge in [0.05, 0.1) is 5.69 Å². The predicted molar refractivity (Wildman–Crippen MR) is 69.3 cm³/mol. The Morgan fingerprint density at radius 1 is 1.47 bits per heavy atom. The molecule has 0 fully saturated rings. The Morgan fingerprint density at radius 2 is 2.24 bits per heavy atom. The predicted octanol–water partition coefficient (Wildman–Crippen LogP) is 2.34. The first kappa shape index (κ1) is 11.9. The number of aromatic nitrogens is 1. The minimum Gasteiger partial charge on any atom is -0.352 e. The van der Waals surface area contributed by atoms with Crippen molar-refractivity contribution >= 4 is 17.4 Å². The number of nitrogens with zero attached hydrogens (tertiary/aromatic N) is 2. The van der Waals surface area contributed by atoms with Crippen molar-refractivity contribution in [2.24, 2.45) is 0 Å². The molecule has 4 nitrogen and oxygen atoms in total. The SMILES string of the molecule is Cc1cnc2c(c1)NC(=O)CCCN2C(C)C. The molecule has 1 aromatic rings. The second kappa shape index (κ2) is 4.73. The molecule has 0 saturated heterocycles. The fourth-order valence-corrected chi connectivity index (χ4v) is 2.11. The molecule has 1 aromatic heterocycles. The van der Waals surface area contributed by atoms with Crippen molar-refractivity contribution in [2.45, 2.75) is 39.7 Å². The monoisotopic (exact) mass is 233 g/mol. The smallest absolute Gasteiger partial charge is 0.224 e. The summed E-state index contributed by atoms with van der Waals surface area (Å²) < 4.78 is 0. The second-order valence-corrected chi connectivity index (χ2v) is 4.82. The highest BCUT2D eigenvalue weighted by Gasteiger charge is 2.20. The number of rotatable bonds is 1. The van der Waals surface area contributed by atoms with Crippen LogP contribution in [0.3, 0.4) is 0 Å². The van der Waals surface area contributed by atoms with Gasteiger partial charge in [-0.3, -0.25) is 4.79 Å². The van der Waals surface area contributed by atoms with E-state index in [1.54, 1.807) is 0 Å². The van der Waals surface area contributed by atoms with Gasteiger partial charge in [-0.2, -0.15) is 0 Å². The second-order valence-electron chi connectivity index (χ2n) is 4.82. The number of fused-ring (bicyclic) bond motifs is 1. The number of carbonyl (C=O) groups excluding carboxylic acids is 1. The Bertz CT molecular complexity index is 429. The molecule has 0 saturated carbocycles. The van der Waals surface area contributed by atoms with Gasteiger partial charge in [0.25, 0.3) is 0 Å². The fourth-order valence-electron chi connectivity index (χ4n) is 2.11. The molecule has 2 rings (SSSR count). The van der Waals surface area contributed by atoms with Gasteiger partial charge in [-0.05, 0) is 38.8 Å². The van der Waals surface area contributed by atoms with E-state index in [9.17, 15) is 4.79 Å². The van der Waals surface area contributed by atoms with Crippen LogP contribution in [0.1, 0.15) is 32.3 Å². The van der Waals surface area contributed by atoms with Crippen LogP contribution in [0, 0.1) is 6.92 Å². The zero-order chi connectivity index (χ0) is 12.4. The molecule has 2 heterocycles. The maximum Gasteiger partial charge on any atom is 0.224 e. The number of hydrogen-bond acceptors (Lipinski definition) is 3. The van der Waals surface area contributed by atoms with Crippen LogP contribution in [-0.2, 0) is 4.79 Å². The molecule has 1 aliphatic rings. The van der Waals surface area contributed by atoms with E-state index in [2.05, 4.69) is 29.0 Å². The molecule has 1 aliphatic heterocycles. The summed E-state index contributed by atoms with van der Waals surface area (Å²) in [7, 11) is 0. The van der Waals surface area contributed by atoms with Crippen molar-refractivity contribution in [3.05, 3.63) is 17.8 Å². The van der Waals surface area contributed by atoms with Crippen LogP contribution in [0.4, 0.5) is 11.5 Å². The molecular formula is C13H19N3O. The highest BCUT2D eigenvalue weighted by Crippen LogP contribution is 2.28. The number of anilines is 2. The molecule has 1 amide bonds. The van der Waals surface area contributed by atoms with Gasteiger partial charge in [0.1, 0.15) is 0 Å². The van der Waals surface area contributed by atoms with Crippen molar-refractivity contribution in [1.29, 1.82) is 0 Å². The minimum atomic E-state index is 0.0852. The van der Waals surface area contributed by atoms with Gasteiger partial charge in [-0.1, -0.05) is 0 Å². The maximum absolute atomic E-state index is 11.6. The Labute approximate surface area is 102 Å². The molecule has 92 valence electrons. The summed E-state index contributed by atoms with van der Waals surface area (Å²) in [5, 5.41) is 2.94. The topological polar surface area (TPSA) is 45.2 Å². The number of aryl methyl sites for hydroxylation is 1. The van der Waals surface area contributed by atoms with Crippen LogP contribution in [0.25, 0.3) is 0 Å². The molecule has 4 heteroatoms. The molecular weight excluding hydrogens is 214 g/mol. The van der Waals surface area contributed by atoms with Crippen molar-refractivity contribution in [1.82, 2.24) is 4.98 Å². The van der Waals surface area contributed by atoms with Gasteiger partial charge in [0.15, 0.2) is 5.82 Å². The molecule has 0 unspecified atom stereocenters. The van der Waals surface area contributed by atoms with Crippen LogP contribution in [0.5, 0.6) is 0 Å². The van der Waals surface area contributed by atoms with Crippen molar-refractivity contribution in [3.8, 4) is 0 Å². The Hall–Kier alpha value is -1.58. The van der Waals surface area contributed by atoms with Gasteiger partial charge in [0, 0.05) is 25.2 Å². The third-order valence-electron chi connectivity index (χ3n) is 2.98. The molecule has 0 bridgehead atoms. The van der Waals surface area contributed by atoms with E-state index in [4.69, 9.17) is 0 Å². The number of hydrogen-bond donors (Lipinski definition) is 1. The quantitative estimate of drug-likeness (QED) is 0.809. The fraction of sp³-hybridized carbons (Fsp3) is 0.538. The molecule has 0 spiro atoms. The van der Waals surface area contributed by atoms with Crippen LogP contribution >= 0.6 is 0 Å². The van der Waals surface area contributed by atoms with E-state index >= 15 is 0 Å². The maximum atomic E-state index is 11.6. The Balaban J connectivity index is 2.44. The van der Waals surface area contributed by atoms with Crippen LogP contribution in [0.15, 0.2) is 12.3 Å². The van der Waals surface area contributed by atoms with Crippen LogP contribution in [0.2, 0.25) is 0 Å². The van der Waals surface area contributed by atoms with Gasteiger partial charge >= 0.3 is 0 Å². The molecule has 17 heavy (non-hydrogen) atoms. The van der Waals surface area contributed by atoms with E-state index in [1.165, 1.54) is 0 Å². The highest BCUT2D eigenvalue weighted by atomic mass is 16.1. The summed E-state index contributed by atoms with van der Waals surface area (Å²) in [4.78, 5) is 18.3. The van der Waals surface area contributed by atoms with Crippen molar-refractivity contribution in [3.63, 3.8) is 0 Å². The average Bonchev–Trinajstić information content (AvgIpc) is 2.22. The van der Waals surface area contributed by atoms with E-state index in [0.29, 0.717) is 12.5 Å². The zero-order valence-corrected chi connectivity index (χ0v) is 10.7. The van der Waals surface area contributed by atoms with Gasteiger partial charge in [-0.25, -0.2) is 4.98 Å². The summed E-state index contributed by atoms with van der Waals surface area (Å²) >= 11 is 0. The van der Waals surface area contributed by atoms with Crippen molar-refractivity contribution in [2.75, 3.05) is 16.8 Å². The number of carbonyl (C=O) groups is 1. The lowest BCUT2D eigenvalue weighted by Gasteiger charge is -2.31. The minimum absolute atomic E-state index is 0.0852. The summed E-state index contributed by atoms with van der Waals surface area (Å²) in [6.07, 6.45) is 3.30. The molecule has 0 aliphatic carbocycles. The first-order chi connectivity index (χ1) is 8.08. The summed E-state index contributed by atoms with van der Waals surface area (Å²) in [5.41, 5.74) is 1.90. The molecule has 0 atom stereocenters. The Morgan fingerprint density at radius 3 is 2.94 bits per heavy atom. The largest absolute Gasteiger partial charge is 0.352 e. The molecule has 1 N–H and O–H groups in total. The van der Waals surface area contributed by atoms with Crippen LogP contribution < -0.4 is 10.2 Å². The van der Waals surface area contributed by atoms with E-state index in [0.717, 1.165) is 30.0 Å². The third-order valence-corrected chi connectivity index (χ3v) is 2.98. The molecule has 0 aromatic carbocycles. The first-order valence-corrected chi connectivity index (χ1v) is 6.11. The Kier molecular flexibility index (Phi) is 3.31. The highest BCUT2D eigenvalue weighted by molar-refractivity contribution is 5.94. The summed E-state index contributed by atoms with van der Waals surface area (Å²) in [6.45, 7) is 7.16. The number of nitrogens with one attached hydrogen (secondary N) is 1. The lowest BCUT2D eigenvalue weighted by molar-refractivity contribution is -0.116. The van der Waals surface area contributed by atoms with Gasteiger partial charge < -0.3 is 10.2 Å². The number of amides is 1. The van der Waals surface area contributed by atoms with E-state index < -0.39 is 0 Å². The number of pyridine rings is 1. The van der Waals surface area contributed by atoms with Gasteiger partial charge in [-0.15, -0.1) is 0 Å². The molecule has 0 radical (unpaired) electrons. The summed E-state index contributed by atoms with van der Waals surface area (Å²) in [5.74, 6) is 0.973. The first-order valence-electron chi connectivity index (χ1n) is 6.11. The zero-order valence-electron chi connectivity index (χ0n) is 10.7. The standard InChI is InChI=1S/C13H19N3O/c1-9(2)16-6-4-5-12(17)15-11-7-10(3)8-14-13(11)16/h7-9H,4-6H2,1-3H3,(H,15,17). The average molecular weight is 233 g/mol. The van der Waals surface area contributed by atoms with E-state index in [-0.39, 0.29) is 5.91 Å². The van der Waals surface area contributed by atoms with E-state index in [1.807, 2.05) is 19.2 Å². The summed E-state index contributed by atoms with van der Waals surface area (Å²) in [6, 6.07) is 2.37. The normalized spacial score (nSPS) is 16.2. The van der Waals surface area contributed by atoms with Crippen molar-refractivity contribution < 1.29 is 4.79 Å². The third kappa shape index (κ3) is 2.57. The lowest BCUT2D eigenvalue weighted by Crippen LogP contribution is -2.35.